The fourth-order valence-corrected chi connectivity index (χ4v) is 1.32. The first-order chi connectivity index (χ1) is 8.24. The van der Waals surface area contributed by atoms with Gasteiger partial charge in [0.05, 0.1) is 6.17 Å². The average Bonchev–Trinajstić information content (AvgIpc) is 2.35. The molecule has 0 radical (unpaired) electrons. The maximum atomic E-state index is 11.0. The van der Waals surface area contributed by atoms with Crippen LogP contribution in [0.25, 0.3) is 0 Å². The number of carbonyl (C=O) groups is 1. The largest absolute Gasteiger partial charge is 0.459 e. The molecule has 0 amide bonds. The first kappa shape index (κ1) is 16.1. The van der Waals surface area contributed by atoms with Gasteiger partial charge in [-0.2, -0.15) is 0 Å². The fourth-order valence-electron chi connectivity index (χ4n) is 1.32. The van der Waals surface area contributed by atoms with E-state index in [9.17, 15) is 4.79 Å². The van der Waals surface area contributed by atoms with Crippen LogP contribution in [0.3, 0.4) is 0 Å². The van der Waals surface area contributed by atoms with Crippen LogP contribution in [0.4, 0.5) is 0 Å². The molecule has 2 N–H and O–H groups in total. The van der Waals surface area contributed by atoms with Crippen LogP contribution in [0, 0.1) is 0 Å². The van der Waals surface area contributed by atoms with Gasteiger partial charge >= 0.3 is 5.97 Å². The normalized spacial score (nSPS) is 10.5. The van der Waals surface area contributed by atoms with Gasteiger partial charge in [0.15, 0.2) is 0 Å². The summed E-state index contributed by atoms with van der Waals surface area (Å²) >= 11 is 0. The smallest absolute Gasteiger partial charge is 0.330 e. The van der Waals surface area contributed by atoms with E-state index in [0.717, 1.165) is 38.8 Å². The molecular formula is C13H26N2O2. The topological polar surface area (TPSA) is 50.4 Å². The number of rotatable bonds is 11. The van der Waals surface area contributed by atoms with Crippen LogP contribution in [-0.2, 0) is 9.53 Å². The molecule has 0 aliphatic heterocycles. The minimum atomic E-state index is -0.371. The van der Waals surface area contributed by atoms with E-state index in [1.165, 1.54) is 6.08 Å². The zero-order valence-corrected chi connectivity index (χ0v) is 11.1. The first-order valence-electron chi connectivity index (χ1n) is 6.50. The van der Waals surface area contributed by atoms with Gasteiger partial charge in [0.1, 0.15) is 6.61 Å². The average molecular weight is 242 g/mol. The quantitative estimate of drug-likeness (QED) is 0.251. The Kier molecular flexibility index (Phi) is 11.0. The van der Waals surface area contributed by atoms with E-state index < -0.39 is 0 Å². The van der Waals surface area contributed by atoms with Crippen LogP contribution in [0.15, 0.2) is 12.7 Å². The molecule has 4 heteroatoms. The lowest BCUT2D eigenvalue weighted by molar-refractivity contribution is -0.138. The van der Waals surface area contributed by atoms with Crippen molar-refractivity contribution >= 4 is 5.97 Å². The minimum Gasteiger partial charge on any atom is -0.459 e. The van der Waals surface area contributed by atoms with Gasteiger partial charge in [-0.25, -0.2) is 4.79 Å². The Balaban J connectivity index is 3.82. The summed E-state index contributed by atoms with van der Waals surface area (Å²) < 4.78 is 5.03. The van der Waals surface area contributed by atoms with Crippen molar-refractivity contribution in [1.29, 1.82) is 0 Å². The third kappa shape index (κ3) is 10.0. The number of hydrogen-bond acceptors (Lipinski definition) is 4. The summed E-state index contributed by atoms with van der Waals surface area (Å²) in [5.74, 6) is -0.371. The van der Waals surface area contributed by atoms with Gasteiger partial charge in [-0.05, 0) is 25.9 Å². The number of esters is 1. The summed E-state index contributed by atoms with van der Waals surface area (Å²) in [6, 6.07) is 0. The Bertz CT molecular complexity index is 198. The molecule has 0 heterocycles. The van der Waals surface area contributed by atoms with E-state index in [1.54, 1.807) is 0 Å². The number of carbonyl (C=O) groups excluding carboxylic acids is 1. The SMILES string of the molecule is C=CC(=O)OCC(NCCCC)NCCCC. The van der Waals surface area contributed by atoms with Crippen molar-refractivity contribution in [1.82, 2.24) is 10.6 Å². The highest BCUT2D eigenvalue weighted by atomic mass is 16.5. The van der Waals surface area contributed by atoms with Crippen LogP contribution in [-0.4, -0.2) is 31.8 Å². The highest BCUT2D eigenvalue weighted by Gasteiger charge is 2.08. The Labute approximate surface area is 105 Å². The van der Waals surface area contributed by atoms with Gasteiger partial charge in [-0.1, -0.05) is 33.3 Å². The van der Waals surface area contributed by atoms with Crippen LogP contribution < -0.4 is 10.6 Å². The van der Waals surface area contributed by atoms with Crippen molar-refractivity contribution in [2.24, 2.45) is 0 Å². The molecule has 0 aliphatic rings. The Morgan fingerprint density at radius 1 is 1.24 bits per heavy atom. The Morgan fingerprint density at radius 2 is 1.76 bits per heavy atom. The molecule has 0 unspecified atom stereocenters. The Hall–Kier alpha value is -0.870. The summed E-state index contributed by atoms with van der Waals surface area (Å²) in [4.78, 5) is 11.0. The maximum absolute atomic E-state index is 11.0. The molecule has 0 aromatic rings. The third-order valence-electron chi connectivity index (χ3n) is 2.40. The minimum absolute atomic E-state index is 0.0389. The van der Waals surface area contributed by atoms with Gasteiger partial charge in [0.2, 0.25) is 0 Å². The third-order valence-corrected chi connectivity index (χ3v) is 2.40. The number of hydrogen-bond donors (Lipinski definition) is 2. The summed E-state index contributed by atoms with van der Waals surface area (Å²) in [5.41, 5.74) is 0. The molecule has 0 spiro atoms. The van der Waals surface area contributed by atoms with Crippen molar-refractivity contribution in [2.75, 3.05) is 19.7 Å². The predicted molar refractivity (Wildman–Crippen MR) is 70.8 cm³/mol. The van der Waals surface area contributed by atoms with E-state index in [4.69, 9.17) is 4.74 Å². The highest BCUT2D eigenvalue weighted by molar-refractivity contribution is 5.81. The molecule has 0 bridgehead atoms. The molecular weight excluding hydrogens is 216 g/mol. The number of nitrogens with one attached hydrogen (secondary N) is 2. The molecule has 100 valence electrons. The fraction of sp³-hybridized carbons (Fsp3) is 0.769. The maximum Gasteiger partial charge on any atom is 0.330 e. The van der Waals surface area contributed by atoms with Gasteiger partial charge < -0.3 is 4.74 Å². The highest BCUT2D eigenvalue weighted by Crippen LogP contribution is 1.90. The monoisotopic (exact) mass is 242 g/mol. The zero-order valence-electron chi connectivity index (χ0n) is 11.1. The molecule has 0 aromatic carbocycles. The molecule has 0 aromatic heterocycles. The molecule has 0 rings (SSSR count). The summed E-state index contributed by atoms with van der Waals surface area (Å²) in [6.07, 6.45) is 5.79. The Morgan fingerprint density at radius 3 is 2.18 bits per heavy atom. The summed E-state index contributed by atoms with van der Waals surface area (Å²) in [7, 11) is 0. The predicted octanol–water partition coefficient (Wildman–Crippen LogP) is 1.82. The lowest BCUT2D eigenvalue weighted by Gasteiger charge is -2.19. The zero-order chi connectivity index (χ0) is 12.9. The molecule has 0 saturated heterocycles. The van der Waals surface area contributed by atoms with E-state index in [1.807, 2.05) is 0 Å². The number of ether oxygens (including phenoxy) is 1. The van der Waals surface area contributed by atoms with E-state index >= 15 is 0 Å². The van der Waals surface area contributed by atoms with Crippen LogP contribution in [0.2, 0.25) is 0 Å². The van der Waals surface area contributed by atoms with Gasteiger partial charge in [0, 0.05) is 6.08 Å². The number of unbranched alkanes of at least 4 members (excludes halogenated alkanes) is 2. The summed E-state index contributed by atoms with van der Waals surface area (Å²) in [6.45, 7) is 9.90. The van der Waals surface area contributed by atoms with Crippen molar-refractivity contribution in [3.05, 3.63) is 12.7 Å². The lowest BCUT2D eigenvalue weighted by atomic mass is 10.3. The van der Waals surface area contributed by atoms with Crippen molar-refractivity contribution in [3.8, 4) is 0 Å². The van der Waals surface area contributed by atoms with Crippen LogP contribution >= 0.6 is 0 Å². The first-order valence-corrected chi connectivity index (χ1v) is 6.50. The van der Waals surface area contributed by atoms with E-state index in [0.29, 0.717) is 6.61 Å². The molecule has 0 aliphatic carbocycles. The van der Waals surface area contributed by atoms with Crippen molar-refractivity contribution in [3.63, 3.8) is 0 Å². The second-order valence-electron chi connectivity index (χ2n) is 4.00. The van der Waals surface area contributed by atoms with Crippen molar-refractivity contribution < 1.29 is 9.53 Å². The summed E-state index contributed by atoms with van der Waals surface area (Å²) in [5, 5.41) is 6.67. The molecule has 0 saturated carbocycles. The molecule has 17 heavy (non-hydrogen) atoms. The second kappa shape index (κ2) is 11.6. The second-order valence-corrected chi connectivity index (χ2v) is 4.00. The van der Waals surface area contributed by atoms with Crippen LogP contribution in [0.5, 0.6) is 0 Å². The van der Waals surface area contributed by atoms with Crippen molar-refractivity contribution in [2.45, 2.75) is 45.7 Å². The lowest BCUT2D eigenvalue weighted by Crippen LogP contribution is -2.46. The standard InChI is InChI=1S/C13H26N2O2/c1-4-7-9-14-12(15-10-8-5-2)11-17-13(16)6-3/h6,12,14-15H,3-5,7-11H2,1-2H3. The van der Waals surface area contributed by atoms with Gasteiger partial charge in [-0.15, -0.1) is 0 Å². The molecule has 0 fully saturated rings. The van der Waals surface area contributed by atoms with E-state index in [-0.39, 0.29) is 12.1 Å². The van der Waals surface area contributed by atoms with Gasteiger partial charge in [0.25, 0.3) is 0 Å². The molecule has 4 nitrogen and oxygen atoms in total. The van der Waals surface area contributed by atoms with Crippen LogP contribution in [0.1, 0.15) is 39.5 Å². The van der Waals surface area contributed by atoms with Gasteiger partial charge in [-0.3, -0.25) is 10.6 Å². The molecule has 0 atom stereocenters. The van der Waals surface area contributed by atoms with E-state index in [2.05, 4.69) is 31.1 Å².